The Morgan fingerprint density at radius 1 is 1.14 bits per heavy atom. The number of hydrogen-bond donors (Lipinski definition) is 3. The first-order valence-electron chi connectivity index (χ1n) is 6.47. The Kier molecular flexibility index (Phi) is 7.04. The quantitative estimate of drug-likeness (QED) is 0.383. The summed E-state index contributed by atoms with van der Waals surface area (Å²) in [6.07, 6.45) is 1.71. The minimum Gasteiger partial charge on any atom is -0.493 e. The molecule has 0 aliphatic heterocycles. The lowest BCUT2D eigenvalue weighted by atomic mass is 10.1. The number of thiocarbonyl (C=S) groups is 1. The van der Waals surface area contributed by atoms with Gasteiger partial charge in [-0.15, -0.1) is 6.58 Å². The third kappa shape index (κ3) is 4.56. The van der Waals surface area contributed by atoms with Gasteiger partial charge in [0.05, 0.1) is 27.0 Å². The van der Waals surface area contributed by atoms with E-state index >= 15 is 0 Å². The molecule has 1 aromatic carbocycles. The predicted octanol–water partition coefficient (Wildman–Crippen LogP) is 1.84. The van der Waals surface area contributed by atoms with Gasteiger partial charge in [0.15, 0.2) is 16.6 Å². The van der Waals surface area contributed by atoms with E-state index in [1.54, 1.807) is 39.5 Å². The minimum absolute atomic E-state index is 0.438. The summed E-state index contributed by atoms with van der Waals surface area (Å²) in [5.41, 5.74) is 7.11. The van der Waals surface area contributed by atoms with Crippen molar-refractivity contribution in [2.24, 2.45) is 0 Å². The molecule has 1 rings (SSSR count). The van der Waals surface area contributed by atoms with E-state index < -0.39 is 0 Å². The molecule has 6 nitrogen and oxygen atoms in total. The zero-order valence-corrected chi connectivity index (χ0v) is 13.8. The van der Waals surface area contributed by atoms with E-state index in [0.717, 1.165) is 5.56 Å². The molecule has 0 heterocycles. The van der Waals surface area contributed by atoms with Gasteiger partial charge in [-0.25, -0.2) is 0 Å². The Morgan fingerprint density at radius 2 is 1.73 bits per heavy atom. The van der Waals surface area contributed by atoms with Crippen molar-refractivity contribution in [2.45, 2.75) is 0 Å². The van der Waals surface area contributed by atoms with Gasteiger partial charge in [0.25, 0.3) is 0 Å². The van der Waals surface area contributed by atoms with Gasteiger partial charge in [0.2, 0.25) is 5.75 Å². The van der Waals surface area contributed by atoms with E-state index in [9.17, 15) is 0 Å². The first kappa shape index (κ1) is 17.6. The Hall–Kier alpha value is -2.41. The highest BCUT2D eigenvalue weighted by molar-refractivity contribution is 7.80. The summed E-state index contributed by atoms with van der Waals surface area (Å²) in [4.78, 5) is 0. The molecular weight excluding hydrogens is 302 g/mol. The van der Waals surface area contributed by atoms with E-state index in [-0.39, 0.29) is 0 Å². The fourth-order valence-electron chi connectivity index (χ4n) is 1.67. The lowest BCUT2D eigenvalue weighted by molar-refractivity contribution is 0.324. The molecule has 0 amide bonds. The number of ether oxygens (including phenoxy) is 3. The average molecular weight is 323 g/mol. The second kappa shape index (κ2) is 8.78. The molecule has 3 N–H and O–H groups in total. The molecule has 0 atom stereocenters. The van der Waals surface area contributed by atoms with Crippen LogP contribution in [0.4, 0.5) is 0 Å². The fourth-order valence-corrected chi connectivity index (χ4v) is 1.80. The number of methoxy groups -OCH3 is 3. The van der Waals surface area contributed by atoms with Crippen LogP contribution in [0.15, 0.2) is 31.4 Å². The van der Waals surface area contributed by atoms with Crippen LogP contribution < -0.4 is 30.4 Å². The van der Waals surface area contributed by atoms with E-state index in [0.29, 0.717) is 34.6 Å². The van der Waals surface area contributed by atoms with Gasteiger partial charge in [0.1, 0.15) is 0 Å². The highest BCUT2D eigenvalue weighted by Gasteiger charge is 2.14. The molecule has 0 fully saturated rings. The van der Waals surface area contributed by atoms with E-state index in [4.69, 9.17) is 26.4 Å². The van der Waals surface area contributed by atoms with Gasteiger partial charge >= 0.3 is 0 Å². The SMILES string of the molecule is C=CCNC(=S)NNC(=C)c1cc(OC)c(OC)c(OC)c1. The topological polar surface area (TPSA) is 63.8 Å². The van der Waals surface area contributed by atoms with Crippen LogP contribution in [0.25, 0.3) is 5.70 Å². The number of benzene rings is 1. The summed E-state index contributed by atoms with van der Waals surface area (Å²) in [5, 5.41) is 3.37. The number of nitrogens with one attached hydrogen (secondary N) is 3. The zero-order chi connectivity index (χ0) is 16.5. The number of rotatable bonds is 8. The zero-order valence-electron chi connectivity index (χ0n) is 13.0. The Morgan fingerprint density at radius 3 is 2.18 bits per heavy atom. The molecule has 22 heavy (non-hydrogen) atoms. The van der Waals surface area contributed by atoms with E-state index in [1.807, 2.05) is 0 Å². The molecule has 0 radical (unpaired) electrons. The van der Waals surface area contributed by atoms with Gasteiger partial charge in [-0.1, -0.05) is 12.7 Å². The summed E-state index contributed by atoms with van der Waals surface area (Å²) < 4.78 is 15.9. The van der Waals surface area contributed by atoms with Gasteiger partial charge < -0.3 is 19.5 Å². The summed E-state index contributed by atoms with van der Waals surface area (Å²) in [7, 11) is 4.67. The number of hydrogen-bond acceptors (Lipinski definition) is 5. The second-order valence-electron chi connectivity index (χ2n) is 4.14. The van der Waals surface area contributed by atoms with Gasteiger partial charge in [-0.2, -0.15) is 0 Å². The van der Waals surface area contributed by atoms with Crippen molar-refractivity contribution in [3.8, 4) is 17.2 Å². The van der Waals surface area contributed by atoms with Crippen molar-refractivity contribution < 1.29 is 14.2 Å². The van der Waals surface area contributed by atoms with Crippen LogP contribution in [0.2, 0.25) is 0 Å². The van der Waals surface area contributed by atoms with Crippen LogP contribution >= 0.6 is 12.2 Å². The maximum absolute atomic E-state index is 5.30. The molecule has 0 aliphatic rings. The molecular formula is C15H21N3O3S. The van der Waals surface area contributed by atoms with Gasteiger partial charge in [-0.3, -0.25) is 10.9 Å². The maximum Gasteiger partial charge on any atom is 0.203 e. The monoisotopic (exact) mass is 323 g/mol. The highest BCUT2D eigenvalue weighted by atomic mass is 32.1. The summed E-state index contributed by atoms with van der Waals surface area (Å²) in [6, 6.07) is 3.58. The summed E-state index contributed by atoms with van der Waals surface area (Å²) >= 11 is 5.08. The molecule has 0 saturated heterocycles. The minimum atomic E-state index is 0.438. The lowest BCUT2D eigenvalue weighted by Crippen LogP contribution is -2.42. The fraction of sp³-hybridized carbons (Fsp3) is 0.267. The molecule has 0 saturated carbocycles. The molecule has 0 spiro atoms. The second-order valence-corrected chi connectivity index (χ2v) is 4.55. The lowest BCUT2D eigenvalue weighted by Gasteiger charge is -2.17. The molecule has 0 bridgehead atoms. The van der Waals surface area contributed by atoms with Crippen LogP contribution in [0.5, 0.6) is 17.2 Å². The van der Waals surface area contributed by atoms with Crippen molar-refractivity contribution >= 4 is 23.0 Å². The smallest absolute Gasteiger partial charge is 0.203 e. The van der Waals surface area contributed by atoms with Crippen LogP contribution in [0.3, 0.4) is 0 Å². The molecule has 7 heteroatoms. The number of hydrazine groups is 1. The maximum atomic E-state index is 5.30. The summed E-state index contributed by atoms with van der Waals surface area (Å²) in [6.45, 7) is 8.13. The van der Waals surface area contributed by atoms with Crippen molar-refractivity contribution in [3.05, 3.63) is 36.9 Å². The molecule has 120 valence electrons. The highest BCUT2D eigenvalue weighted by Crippen LogP contribution is 2.39. The third-order valence-electron chi connectivity index (χ3n) is 2.75. The Balaban J connectivity index is 2.85. The van der Waals surface area contributed by atoms with Crippen molar-refractivity contribution in [1.82, 2.24) is 16.2 Å². The van der Waals surface area contributed by atoms with Gasteiger partial charge in [-0.05, 0) is 24.4 Å². The average Bonchev–Trinajstić information content (AvgIpc) is 2.55. The third-order valence-corrected chi connectivity index (χ3v) is 2.99. The van der Waals surface area contributed by atoms with Crippen molar-refractivity contribution in [2.75, 3.05) is 27.9 Å². The molecule has 1 aromatic rings. The van der Waals surface area contributed by atoms with E-state index in [2.05, 4.69) is 29.3 Å². The Bertz CT molecular complexity index is 536. The van der Waals surface area contributed by atoms with Crippen LogP contribution in [-0.4, -0.2) is 33.0 Å². The normalized spacial score (nSPS) is 9.41. The van der Waals surface area contributed by atoms with E-state index in [1.165, 1.54) is 0 Å². The van der Waals surface area contributed by atoms with Crippen molar-refractivity contribution in [1.29, 1.82) is 0 Å². The predicted molar refractivity (Wildman–Crippen MR) is 92.2 cm³/mol. The standard InChI is InChI=1S/C15H21N3O3S/c1-6-7-16-15(22)18-17-10(2)11-8-12(19-3)14(21-5)13(9-11)20-4/h6,8-9,17H,1-2,7H2,3-5H3,(H2,16,18,22). The van der Waals surface area contributed by atoms with Crippen LogP contribution in [-0.2, 0) is 0 Å². The van der Waals surface area contributed by atoms with Crippen LogP contribution in [0.1, 0.15) is 5.56 Å². The molecule has 0 aliphatic carbocycles. The molecule has 0 unspecified atom stereocenters. The van der Waals surface area contributed by atoms with Crippen molar-refractivity contribution in [3.63, 3.8) is 0 Å². The first-order valence-corrected chi connectivity index (χ1v) is 6.88. The Labute approximate surface area is 136 Å². The molecule has 0 aromatic heterocycles. The van der Waals surface area contributed by atoms with Gasteiger partial charge in [0, 0.05) is 12.1 Å². The largest absolute Gasteiger partial charge is 0.493 e. The first-order chi connectivity index (χ1) is 10.6. The van der Waals surface area contributed by atoms with Crippen LogP contribution in [0, 0.1) is 0 Å². The summed E-state index contributed by atoms with van der Waals surface area (Å²) in [5.74, 6) is 1.62.